The van der Waals surface area contributed by atoms with Gasteiger partial charge in [0.2, 0.25) is 15.9 Å². The van der Waals surface area contributed by atoms with Gasteiger partial charge in [0, 0.05) is 35.9 Å². The van der Waals surface area contributed by atoms with E-state index >= 15 is 0 Å². The van der Waals surface area contributed by atoms with Gasteiger partial charge < -0.3 is 14.7 Å². The number of amides is 1. The van der Waals surface area contributed by atoms with Crippen LogP contribution in [0.5, 0.6) is 0 Å². The molecule has 0 atom stereocenters. The summed E-state index contributed by atoms with van der Waals surface area (Å²) in [6, 6.07) is 14.1. The number of H-pyrrole nitrogens is 1. The predicted octanol–water partition coefficient (Wildman–Crippen LogP) is 4.12. The highest BCUT2D eigenvalue weighted by atomic mass is 32.2. The third kappa shape index (κ3) is 4.72. The van der Waals surface area contributed by atoms with Gasteiger partial charge in [-0.15, -0.1) is 10.2 Å². The van der Waals surface area contributed by atoms with Crippen molar-refractivity contribution < 1.29 is 17.6 Å². The van der Waals surface area contributed by atoms with E-state index in [4.69, 9.17) is 4.42 Å². The molecule has 3 heterocycles. The molecule has 0 bridgehead atoms. The van der Waals surface area contributed by atoms with Gasteiger partial charge in [0.25, 0.3) is 11.1 Å². The van der Waals surface area contributed by atoms with Crippen molar-refractivity contribution >= 4 is 44.3 Å². The Hall–Kier alpha value is -3.15. The van der Waals surface area contributed by atoms with Crippen LogP contribution in [0.25, 0.3) is 22.4 Å². The molecule has 2 aromatic carbocycles. The number of aromatic nitrogens is 3. The quantitative estimate of drug-likeness (QED) is 0.368. The van der Waals surface area contributed by atoms with Gasteiger partial charge in [-0.3, -0.25) is 4.79 Å². The first-order valence-corrected chi connectivity index (χ1v) is 13.4. The minimum absolute atomic E-state index is 0.0728. The van der Waals surface area contributed by atoms with Gasteiger partial charge in [-0.1, -0.05) is 36.4 Å². The van der Waals surface area contributed by atoms with Crippen LogP contribution in [0.4, 0.5) is 5.69 Å². The average Bonchev–Trinajstić information content (AvgIpc) is 3.51. The van der Waals surface area contributed by atoms with Gasteiger partial charge in [-0.2, -0.15) is 4.31 Å². The molecule has 0 radical (unpaired) electrons. The first kappa shape index (κ1) is 22.6. The maximum Gasteiger partial charge on any atom is 0.277 e. The lowest BCUT2D eigenvalue weighted by atomic mass is 10.2. The smallest absolute Gasteiger partial charge is 0.277 e. The molecule has 0 saturated carbocycles. The lowest BCUT2D eigenvalue weighted by Crippen LogP contribution is -2.35. The highest BCUT2D eigenvalue weighted by molar-refractivity contribution is 7.99. The molecule has 176 valence electrons. The topological polar surface area (TPSA) is 121 Å². The van der Waals surface area contributed by atoms with Crippen LogP contribution in [0.3, 0.4) is 0 Å². The van der Waals surface area contributed by atoms with Crippen LogP contribution in [-0.4, -0.2) is 52.7 Å². The molecule has 0 aliphatic carbocycles. The molecule has 9 nitrogen and oxygen atoms in total. The number of aromatic amines is 1. The summed E-state index contributed by atoms with van der Waals surface area (Å²) in [4.78, 5) is 15.8. The minimum atomic E-state index is -3.50. The summed E-state index contributed by atoms with van der Waals surface area (Å²) in [6.45, 7) is 1.10. The largest absolute Gasteiger partial charge is 0.411 e. The van der Waals surface area contributed by atoms with Gasteiger partial charge in [-0.05, 0) is 43.2 Å². The first-order chi connectivity index (χ1) is 16.5. The lowest BCUT2D eigenvalue weighted by Gasteiger charge is -2.25. The number of piperidine rings is 1. The second-order valence-corrected chi connectivity index (χ2v) is 10.8. The highest BCUT2D eigenvalue weighted by Crippen LogP contribution is 2.29. The number of fused-ring (bicyclic) bond motifs is 1. The van der Waals surface area contributed by atoms with Gasteiger partial charge in [0.1, 0.15) is 0 Å². The molecule has 1 saturated heterocycles. The van der Waals surface area contributed by atoms with Gasteiger partial charge >= 0.3 is 0 Å². The number of hydrogen-bond donors (Lipinski definition) is 2. The minimum Gasteiger partial charge on any atom is -0.411 e. The van der Waals surface area contributed by atoms with E-state index in [2.05, 4.69) is 20.5 Å². The van der Waals surface area contributed by atoms with Crippen molar-refractivity contribution in [1.82, 2.24) is 19.5 Å². The van der Waals surface area contributed by atoms with Crippen molar-refractivity contribution in [3.05, 3.63) is 54.7 Å². The fourth-order valence-corrected chi connectivity index (χ4v) is 5.99. The van der Waals surface area contributed by atoms with Crippen molar-refractivity contribution in [2.24, 2.45) is 0 Å². The number of carbonyl (C=O) groups is 1. The van der Waals surface area contributed by atoms with E-state index in [0.29, 0.717) is 29.9 Å². The number of para-hydroxylation sites is 1. The van der Waals surface area contributed by atoms with Gasteiger partial charge in [0.05, 0.1) is 16.2 Å². The number of nitrogens with zero attached hydrogens (tertiary/aromatic N) is 3. The predicted molar refractivity (Wildman–Crippen MR) is 130 cm³/mol. The van der Waals surface area contributed by atoms with E-state index in [9.17, 15) is 13.2 Å². The molecular weight excluding hydrogens is 474 g/mol. The Morgan fingerprint density at radius 2 is 1.82 bits per heavy atom. The zero-order valence-corrected chi connectivity index (χ0v) is 19.9. The third-order valence-electron chi connectivity index (χ3n) is 5.64. The molecule has 2 N–H and O–H groups in total. The van der Waals surface area contributed by atoms with Crippen LogP contribution in [0.15, 0.2) is 69.3 Å². The second kappa shape index (κ2) is 9.61. The molecule has 1 fully saturated rings. The van der Waals surface area contributed by atoms with E-state index in [1.54, 1.807) is 12.1 Å². The molecule has 34 heavy (non-hydrogen) atoms. The van der Waals surface area contributed by atoms with E-state index in [0.717, 1.165) is 47.5 Å². The maximum absolute atomic E-state index is 12.7. The zero-order chi connectivity index (χ0) is 23.5. The van der Waals surface area contributed by atoms with Crippen LogP contribution < -0.4 is 5.32 Å². The molecule has 1 aliphatic rings. The van der Waals surface area contributed by atoms with E-state index in [-0.39, 0.29) is 16.6 Å². The normalized spacial score (nSPS) is 14.9. The molecule has 11 heteroatoms. The fourth-order valence-electron chi connectivity index (χ4n) is 3.91. The van der Waals surface area contributed by atoms with E-state index in [1.165, 1.54) is 16.4 Å². The summed E-state index contributed by atoms with van der Waals surface area (Å²) in [5.74, 6) is 0.193. The monoisotopic (exact) mass is 497 g/mol. The number of hydrogen-bond acceptors (Lipinski definition) is 7. The number of nitrogens with one attached hydrogen (secondary N) is 2. The van der Waals surface area contributed by atoms with Crippen molar-refractivity contribution in [1.29, 1.82) is 0 Å². The molecule has 0 unspecified atom stereocenters. The van der Waals surface area contributed by atoms with Crippen LogP contribution in [0, 0.1) is 0 Å². The number of rotatable bonds is 7. The van der Waals surface area contributed by atoms with E-state index in [1.807, 2.05) is 30.5 Å². The maximum atomic E-state index is 12.7. The van der Waals surface area contributed by atoms with Crippen LogP contribution in [0.2, 0.25) is 0 Å². The van der Waals surface area contributed by atoms with Crippen LogP contribution in [0.1, 0.15) is 19.3 Å². The molecule has 1 aliphatic heterocycles. The SMILES string of the molecule is O=C(CSc1nnc(-c2c[nH]c3ccccc23)o1)Nc1ccc(S(=O)(=O)N2CCCCC2)cc1. The third-order valence-corrected chi connectivity index (χ3v) is 8.38. The lowest BCUT2D eigenvalue weighted by molar-refractivity contribution is -0.113. The van der Waals surface area contributed by atoms with Crippen molar-refractivity contribution in [3.63, 3.8) is 0 Å². The molecule has 1 amide bonds. The summed E-state index contributed by atoms with van der Waals surface area (Å²) in [6.07, 6.45) is 4.64. The van der Waals surface area contributed by atoms with Crippen LogP contribution in [-0.2, 0) is 14.8 Å². The Balaban J connectivity index is 1.18. The Morgan fingerprint density at radius 1 is 1.06 bits per heavy atom. The Morgan fingerprint density at radius 3 is 2.62 bits per heavy atom. The van der Waals surface area contributed by atoms with Crippen LogP contribution >= 0.6 is 11.8 Å². The number of carbonyl (C=O) groups excluding carboxylic acids is 1. The van der Waals surface area contributed by atoms with E-state index < -0.39 is 10.0 Å². The molecule has 5 rings (SSSR count). The van der Waals surface area contributed by atoms with Crippen molar-refractivity contribution in [2.45, 2.75) is 29.4 Å². The standard InChI is InChI=1S/C23H23N5O4S2/c29-21(25-16-8-10-17(11-9-16)34(30,31)28-12-4-1-5-13-28)15-33-23-27-26-22(32-23)19-14-24-20-7-3-2-6-18(19)20/h2-3,6-11,14,24H,1,4-5,12-13,15H2,(H,25,29). The number of thioether (sulfide) groups is 1. The summed E-state index contributed by atoms with van der Waals surface area (Å²) in [5, 5.41) is 12.1. The van der Waals surface area contributed by atoms with Crippen molar-refractivity contribution in [2.75, 3.05) is 24.2 Å². The van der Waals surface area contributed by atoms with Gasteiger partial charge in [-0.25, -0.2) is 8.42 Å². The Labute approximate surface area is 201 Å². The molecule has 4 aromatic rings. The number of anilines is 1. The molecule has 0 spiro atoms. The molecule has 2 aromatic heterocycles. The number of benzene rings is 2. The number of sulfonamides is 1. The highest BCUT2D eigenvalue weighted by Gasteiger charge is 2.25. The van der Waals surface area contributed by atoms with Gasteiger partial charge in [0.15, 0.2) is 0 Å². The zero-order valence-electron chi connectivity index (χ0n) is 18.2. The Kier molecular flexibility index (Phi) is 6.40. The second-order valence-electron chi connectivity index (χ2n) is 7.95. The van der Waals surface area contributed by atoms with Crippen molar-refractivity contribution in [3.8, 4) is 11.5 Å². The first-order valence-electron chi connectivity index (χ1n) is 10.9. The Bertz CT molecular complexity index is 1410. The summed E-state index contributed by atoms with van der Waals surface area (Å²) >= 11 is 1.13. The fraction of sp³-hybridized carbons (Fsp3) is 0.261. The average molecular weight is 498 g/mol. The summed E-state index contributed by atoms with van der Waals surface area (Å²) < 4.78 is 32.7. The molecular formula is C23H23N5O4S2. The summed E-state index contributed by atoms with van der Waals surface area (Å²) in [5.41, 5.74) is 2.30. The summed E-state index contributed by atoms with van der Waals surface area (Å²) in [7, 11) is -3.50.